The Kier molecular flexibility index (Phi) is 5.29. The molecule has 6 heteroatoms. The largest absolute Gasteiger partial charge is 0.368 e. The van der Waals surface area contributed by atoms with Crippen molar-refractivity contribution >= 4 is 28.4 Å². The highest BCUT2D eigenvalue weighted by molar-refractivity contribution is 6.02. The minimum atomic E-state index is -0.462. The van der Waals surface area contributed by atoms with Crippen molar-refractivity contribution in [1.29, 1.82) is 0 Å². The number of H-pyrrole nitrogens is 1. The van der Waals surface area contributed by atoms with Gasteiger partial charge in [0.2, 0.25) is 5.91 Å². The lowest BCUT2D eigenvalue weighted by Gasteiger charge is -2.43. The maximum atomic E-state index is 14.2. The number of aromatic amines is 1. The molecule has 1 fully saturated rings. The fourth-order valence-electron chi connectivity index (χ4n) is 5.69. The normalized spacial score (nSPS) is 20.3. The highest BCUT2D eigenvalue weighted by Crippen LogP contribution is 2.45. The van der Waals surface area contributed by atoms with E-state index >= 15 is 0 Å². The maximum Gasteiger partial charge on any atom is 0.254 e. The first-order valence-electron chi connectivity index (χ1n) is 12.1. The fraction of sp³-hybridized carbons (Fsp3) is 0.241. The summed E-state index contributed by atoms with van der Waals surface area (Å²) < 4.78 is 0. The lowest BCUT2D eigenvalue weighted by molar-refractivity contribution is -0.134. The van der Waals surface area contributed by atoms with Gasteiger partial charge >= 0.3 is 0 Å². The Morgan fingerprint density at radius 2 is 1.51 bits per heavy atom. The molecule has 6 rings (SSSR count). The van der Waals surface area contributed by atoms with E-state index in [9.17, 15) is 9.59 Å². The second kappa shape index (κ2) is 8.62. The number of hydrogen-bond donors (Lipinski definition) is 1. The van der Waals surface area contributed by atoms with Crippen LogP contribution in [0.15, 0.2) is 85.1 Å². The Bertz CT molecular complexity index is 1390. The molecule has 0 radical (unpaired) electrons. The number of piperazine rings is 1. The topological polar surface area (TPSA) is 59.7 Å². The number of amides is 2. The zero-order valence-corrected chi connectivity index (χ0v) is 19.7. The van der Waals surface area contributed by atoms with Gasteiger partial charge in [-0.25, -0.2) is 0 Å². The summed E-state index contributed by atoms with van der Waals surface area (Å²) in [4.78, 5) is 37.0. The lowest BCUT2D eigenvalue weighted by atomic mass is 9.79. The third-order valence-electron chi connectivity index (χ3n) is 7.50. The summed E-state index contributed by atoms with van der Waals surface area (Å²) in [6.07, 6.45) is 1.96. The second-order valence-corrected chi connectivity index (χ2v) is 9.36. The monoisotopic (exact) mass is 464 g/mol. The molecule has 0 bridgehead atoms. The number of hydrogen-bond acceptors (Lipinski definition) is 3. The van der Waals surface area contributed by atoms with Crippen molar-refractivity contribution < 1.29 is 9.59 Å². The van der Waals surface area contributed by atoms with Gasteiger partial charge in [-0.05, 0) is 29.8 Å². The van der Waals surface area contributed by atoms with Crippen LogP contribution in [0, 0.1) is 0 Å². The van der Waals surface area contributed by atoms with Crippen LogP contribution in [0.5, 0.6) is 0 Å². The van der Waals surface area contributed by atoms with Crippen LogP contribution in [0.25, 0.3) is 10.9 Å². The van der Waals surface area contributed by atoms with Crippen LogP contribution in [-0.4, -0.2) is 59.8 Å². The zero-order chi connectivity index (χ0) is 23.9. The first-order valence-corrected chi connectivity index (χ1v) is 12.1. The number of carbonyl (C=O) groups is 2. The van der Waals surface area contributed by atoms with Crippen LogP contribution >= 0.6 is 0 Å². The van der Waals surface area contributed by atoms with E-state index in [0.29, 0.717) is 18.7 Å². The van der Waals surface area contributed by atoms with E-state index in [2.05, 4.69) is 28.1 Å². The number of carbonyl (C=O) groups excluding carboxylic acids is 2. The lowest BCUT2D eigenvalue weighted by Crippen LogP contribution is -2.53. The molecule has 6 nitrogen and oxygen atoms in total. The van der Waals surface area contributed by atoms with Crippen molar-refractivity contribution in [3.05, 3.63) is 102 Å². The Morgan fingerprint density at radius 3 is 2.31 bits per heavy atom. The molecule has 3 heterocycles. The predicted octanol–water partition coefficient (Wildman–Crippen LogP) is 4.43. The summed E-state index contributed by atoms with van der Waals surface area (Å²) in [5, 5.41) is 1.04. The minimum Gasteiger partial charge on any atom is -0.368 e. The molecule has 0 spiro atoms. The number of para-hydroxylation sites is 2. The number of nitrogens with zero attached hydrogens (tertiary/aromatic N) is 3. The molecule has 1 saturated heterocycles. The Labute approximate surface area is 204 Å². The highest BCUT2D eigenvalue weighted by atomic mass is 16.2. The van der Waals surface area contributed by atoms with E-state index in [1.54, 1.807) is 4.90 Å². The molecule has 2 unspecified atom stereocenters. The fourth-order valence-corrected chi connectivity index (χ4v) is 5.69. The number of anilines is 1. The van der Waals surface area contributed by atoms with Crippen LogP contribution in [0.1, 0.15) is 33.4 Å². The first-order chi connectivity index (χ1) is 17.1. The number of fused-ring (bicyclic) bond motifs is 2. The van der Waals surface area contributed by atoms with E-state index in [1.807, 2.05) is 78.8 Å². The summed E-state index contributed by atoms with van der Waals surface area (Å²) in [5.41, 5.74) is 4.61. The van der Waals surface area contributed by atoms with Crippen LogP contribution in [0.2, 0.25) is 0 Å². The molecule has 35 heavy (non-hydrogen) atoms. The first kappa shape index (κ1) is 21.5. The molecule has 2 aliphatic heterocycles. The number of benzene rings is 3. The van der Waals surface area contributed by atoms with Gasteiger partial charge in [-0.1, -0.05) is 54.6 Å². The molecule has 2 aliphatic rings. The number of aromatic nitrogens is 1. The summed E-state index contributed by atoms with van der Waals surface area (Å²) in [7, 11) is 1.82. The second-order valence-electron chi connectivity index (χ2n) is 9.36. The van der Waals surface area contributed by atoms with Crippen molar-refractivity contribution in [3.8, 4) is 0 Å². The van der Waals surface area contributed by atoms with E-state index in [1.165, 1.54) is 5.69 Å². The molecule has 0 saturated carbocycles. The molecule has 0 aliphatic carbocycles. The SMILES string of the molecule is CN1C(=O)c2ccccc2C(C(=O)N2CCN(c3ccccc3)CC2)C1c1c[nH]c2ccccc12. The maximum absolute atomic E-state index is 14.2. The number of likely N-dealkylation sites (N-methyl/N-ethyl adjacent to an activating group) is 1. The molecule has 4 aromatic rings. The Hall–Kier alpha value is -4.06. The number of nitrogens with one attached hydrogen (secondary N) is 1. The third-order valence-corrected chi connectivity index (χ3v) is 7.50. The van der Waals surface area contributed by atoms with E-state index < -0.39 is 5.92 Å². The van der Waals surface area contributed by atoms with Crippen LogP contribution < -0.4 is 4.90 Å². The van der Waals surface area contributed by atoms with Gasteiger partial charge in [-0.2, -0.15) is 0 Å². The van der Waals surface area contributed by atoms with Crippen molar-refractivity contribution in [2.24, 2.45) is 0 Å². The van der Waals surface area contributed by atoms with Crippen LogP contribution in [0.3, 0.4) is 0 Å². The van der Waals surface area contributed by atoms with Crippen molar-refractivity contribution in [2.45, 2.75) is 12.0 Å². The highest BCUT2D eigenvalue weighted by Gasteiger charge is 2.45. The van der Waals surface area contributed by atoms with Crippen molar-refractivity contribution in [1.82, 2.24) is 14.8 Å². The molecular weight excluding hydrogens is 436 g/mol. The van der Waals surface area contributed by atoms with Gasteiger partial charge in [0.05, 0.1) is 12.0 Å². The average Bonchev–Trinajstić information content (AvgIpc) is 3.34. The van der Waals surface area contributed by atoms with E-state index in [0.717, 1.165) is 35.1 Å². The third kappa shape index (κ3) is 3.57. The molecule has 176 valence electrons. The van der Waals surface area contributed by atoms with Gasteiger partial charge < -0.3 is 19.7 Å². The molecule has 2 amide bonds. The van der Waals surface area contributed by atoms with Crippen molar-refractivity contribution in [2.75, 3.05) is 38.1 Å². The van der Waals surface area contributed by atoms with Gasteiger partial charge in [0.25, 0.3) is 5.91 Å². The summed E-state index contributed by atoms with van der Waals surface area (Å²) in [6, 6.07) is 25.6. The van der Waals surface area contributed by atoms with Gasteiger partial charge in [0.1, 0.15) is 0 Å². The van der Waals surface area contributed by atoms with E-state index in [4.69, 9.17) is 0 Å². The smallest absolute Gasteiger partial charge is 0.254 e. The standard InChI is InChI=1S/C29H28N4O2/c1-31-27(24-19-30-25-14-8-7-11-21(24)25)26(22-12-5-6-13-23(22)28(31)34)29(35)33-17-15-32(16-18-33)20-9-3-2-4-10-20/h2-14,19,26-27,30H,15-18H2,1H3. The molecular formula is C29H28N4O2. The molecule has 1 aromatic heterocycles. The van der Waals surface area contributed by atoms with Crippen molar-refractivity contribution in [3.63, 3.8) is 0 Å². The Morgan fingerprint density at radius 1 is 0.829 bits per heavy atom. The Balaban J connectivity index is 1.37. The summed E-state index contributed by atoms with van der Waals surface area (Å²) >= 11 is 0. The predicted molar refractivity (Wildman–Crippen MR) is 138 cm³/mol. The van der Waals surface area contributed by atoms with Crippen LogP contribution in [-0.2, 0) is 4.79 Å². The molecule has 1 N–H and O–H groups in total. The average molecular weight is 465 g/mol. The summed E-state index contributed by atoms with van der Waals surface area (Å²) in [6.45, 7) is 2.89. The van der Waals surface area contributed by atoms with Gasteiger partial charge in [-0.15, -0.1) is 0 Å². The van der Waals surface area contributed by atoms with Gasteiger partial charge in [-0.3, -0.25) is 9.59 Å². The quantitative estimate of drug-likeness (QED) is 0.488. The number of rotatable bonds is 3. The van der Waals surface area contributed by atoms with E-state index in [-0.39, 0.29) is 17.9 Å². The zero-order valence-electron chi connectivity index (χ0n) is 19.7. The summed E-state index contributed by atoms with van der Waals surface area (Å²) in [5.74, 6) is -0.426. The molecule has 3 aromatic carbocycles. The molecule has 2 atom stereocenters. The van der Waals surface area contributed by atoms with Gasteiger partial charge in [0.15, 0.2) is 0 Å². The van der Waals surface area contributed by atoms with Gasteiger partial charge in [0, 0.05) is 67.1 Å². The minimum absolute atomic E-state index is 0.0474. The van der Waals surface area contributed by atoms with Crippen LogP contribution in [0.4, 0.5) is 5.69 Å².